The summed E-state index contributed by atoms with van der Waals surface area (Å²) in [6.45, 7) is 7.84. The Balaban J connectivity index is 2.21. The second kappa shape index (κ2) is 7.30. The van der Waals surface area contributed by atoms with Gasteiger partial charge in [0.2, 0.25) is 0 Å². The van der Waals surface area contributed by atoms with Crippen LogP contribution in [0.15, 0.2) is 0 Å². The maximum atomic E-state index is 10.9. The Morgan fingerprint density at radius 1 is 1.56 bits per heavy atom. The van der Waals surface area contributed by atoms with Crippen LogP contribution in [-0.4, -0.2) is 30.2 Å². The van der Waals surface area contributed by atoms with Crippen LogP contribution in [0.25, 0.3) is 0 Å². The largest absolute Gasteiger partial charge is 0.363 e. The van der Waals surface area contributed by atoms with E-state index in [0.717, 1.165) is 31.7 Å². The minimum Gasteiger partial charge on any atom is -0.363 e. The van der Waals surface area contributed by atoms with Gasteiger partial charge in [0.05, 0.1) is 0 Å². The summed E-state index contributed by atoms with van der Waals surface area (Å²) in [5.74, 6) is 2.21. The predicted octanol–water partition coefficient (Wildman–Crippen LogP) is 2.26. The molecule has 16 heavy (non-hydrogen) atoms. The van der Waals surface area contributed by atoms with Crippen molar-refractivity contribution in [1.82, 2.24) is 5.32 Å². The first-order valence-corrected chi connectivity index (χ1v) is 7.05. The standard InChI is InChI=1S/C12H23NO2S/c1-9(2)7-13-12-6-11(4-5-15-12)8-16-10(3)14/h9,11-13H,4-8H2,1-3H3. The lowest BCUT2D eigenvalue weighted by Gasteiger charge is -2.30. The van der Waals surface area contributed by atoms with Crippen molar-refractivity contribution >= 4 is 16.9 Å². The molecule has 2 atom stereocenters. The second-order valence-corrected chi connectivity index (χ2v) is 6.05. The molecule has 0 aliphatic carbocycles. The molecular formula is C12H23NO2S. The van der Waals surface area contributed by atoms with Crippen LogP contribution in [0.2, 0.25) is 0 Å². The molecule has 1 N–H and O–H groups in total. The molecule has 0 aromatic carbocycles. The third kappa shape index (κ3) is 5.87. The number of hydrogen-bond donors (Lipinski definition) is 1. The summed E-state index contributed by atoms with van der Waals surface area (Å²) in [6.07, 6.45) is 2.31. The molecule has 0 bridgehead atoms. The Hall–Kier alpha value is -0.0600. The lowest BCUT2D eigenvalue weighted by Crippen LogP contribution is -2.40. The number of nitrogens with one attached hydrogen (secondary N) is 1. The first kappa shape index (κ1) is 14.0. The zero-order chi connectivity index (χ0) is 12.0. The Morgan fingerprint density at radius 2 is 2.31 bits per heavy atom. The summed E-state index contributed by atoms with van der Waals surface area (Å²) in [7, 11) is 0. The fourth-order valence-corrected chi connectivity index (χ4v) is 2.53. The smallest absolute Gasteiger partial charge is 0.185 e. The van der Waals surface area contributed by atoms with E-state index in [1.807, 2.05) is 0 Å². The lowest BCUT2D eigenvalue weighted by molar-refractivity contribution is -0.109. The fraction of sp³-hybridized carbons (Fsp3) is 0.917. The van der Waals surface area contributed by atoms with Crippen molar-refractivity contribution in [2.24, 2.45) is 11.8 Å². The van der Waals surface area contributed by atoms with E-state index >= 15 is 0 Å². The molecule has 0 radical (unpaired) electrons. The number of carbonyl (C=O) groups excluding carboxylic acids is 1. The molecule has 1 rings (SSSR count). The van der Waals surface area contributed by atoms with Gasteiger partial charge in [0.15, 0.2) is 5.12 Å². The molecule has 4 heteroatoms. The van der Waals surface area contributed by atoms with Crippen molar-refractivity contribution in [3.8, 4) is 0 Å². The highest BCUT2D eigenvalue weighted by Gasteiger charge is 2.22. The number of hydrogen-bond acceptors (Lipinski definition) is 4. The highest BCUT2D eigenvalue weighted by molar-refractivity contribution is 8.13. The van der Waals surface area contributed by atoms with E-state index in [4.69, 9.17) is 4.74 Å². The zero-order valence-electron chi connectivity index (χ0n) is 10.5. The van der Waals surface area contributed by atoms with E-state index < -0.39 is 0 Å². The average molecular weight is 245 g/mol. The Kier molecular flexibility index (Phi) is 6.39. The Morgan fingerprint density at radius 3 is 2.94 bits per heavy atom. The van der Waals surface area contributed by atoms with Gasteiger partial charge in [-0.05, 0) is 31.2 Å². The fourth-order valence-electron chi connectivity index (χ4n) is 1.76. The maximum Gasteiger partial charge on any atom is 0.185 e. The number of thioether (sulfide) groups is 1. The van der Waals surface area contributed by atoms with Crippen LogP contribution in [-0.2, 0) is 9.53 Å². The summed E-state index contributed by atoms with van der Waals surface area (Å²) in [6, 6.07) is 0. The van der Waals surface area contributed by atoms with Crippen LogP contribution in [0, 0.1) is 11.8 Å². The van der Waals surface area contributed by atoms with E-state index in [1.54, 1.807) is 6.92 Å². The van der Waals surface area contributed by atoms with Gasteiger partial charge in [0.1, 0.15) is 6.23 Å². The second-order valence-electron chi connectivity index (χ2n) is 4.85. The molecule has 3 nitrogen and oxygen atoms in total. The highest BCUT2D eigenvalue weighted by atomic mass is 32.2. The van der Waals surface area contributed by atoms with E-state index in [9.17, 15) is 4.79 Å². The quantitative estimate of drug-likeness (QED) is 0.806. The van der Waals surface area contributed by atoms with Crippen LogP contribution < -0.4 is 5.32 Å². The summed E-state index contributed by atoms with van der Waals surface area (Å²) < 4.78 is 5.66. The topological polar surface area (TPSA) is 38.3 Å². The van der Waals surface area contributed by atoms with Gasteiger partial charge < -0.3 is 4.74 Å². The number of carbonyl (C=O) groups is 1. The summed E-state index contributed by atoms with van der Waals surface area (Å²) in [5.41, 5.74) is 0. The monoisotopic (exact) mass is 245 g/mol. The van der Waals surface area contributed by atoms with Gasteiger partial charge >= 0.3 is 0 Å². The van der Waals surface area contributed by atoms with E-state index in [2.05, 4.69) is 19.2 Å². The average Bonchev–Trinajstić information content (AvgIpc) is 2.24. The van der Waals surface area contributed by atoms with Gasteiger partial charge in [0, 0.05) is 19.3 Å². The van der Waals surface area contributed by atoms with E-state index in [1.165, 1.54) is 11.8 Å². The van der Waals surface area contributed by atoms with Gasteiger partial charge in [-0.15, -0.1) is 0 Å². The molecule has 0 spiro atoms. The zero-order valence-corrected chi connectivity index (χ0v) is 11.3. The number of ether oxygens (including phenoxy) is 1. The summed E-state index contributed by atoms with van der Waals surface area (Å²) in [5, 5.41) is 3.64. The third-order valence-corrected chi connectivity index (χ3v) is 3.71. The van der Waals surface area contributed by atoms with Gasteiger partial charge in [-0.1, -0.05) is 25.6 Å². The maximum absolute atomic E-state index is 10.9. The van der Waals surface area contributed by atoms with Crippen LogP contribution >= 0.6 is 11.8 Å². The molecule has 94 valence electrons. The molecule has 1 fully saturated rings. The van der Waals surface area contributed by atoms with Crippen molar-refractivity contribution in [1.29, 1.82) is 0 Å². The van der Waals surface area contributed by atoms with Crippen molar-refractivity contribution in [3.05, 3.63) is 0 Å². The molecule has 2 unspecified atom stereocenters. The van der Waals surface area contributed by atoms with Crippen LogP contribution in [0.5, 0.6) is 0 Å². The van der Waals surface area contributed by atoms with Crippen molar-refractivity contribution in [2.45, 2.75) is 39.8 Å². The van der Waals surface area contributed by atoms with E-state index in [-0.39, 0.29) is 11.3 Å². The first-order chi connectivity index (χ1) is 7.58. The number of rotatable bonds is 5. The Bertz CT molecular complexity index is 221. The minimum atomic E-state index is 0.189. The van der Waals surface area contributed by atoms with Crippen molar-refractivity contribution in [3.63, 3.8) is 0 Å². The molecular weight excluding hydrogens is 222 g/mol. The molecule has 0 aromatic rings. The van der Waals surface area contributed by atoms with Crippen LogP contribution in [0.4, 0.5) is 0 Å². The molecule has 1 heterocycles. The van der Waals surface area contributed by atoms with Gasteiger partial charge in [-0.3, -0.25) is 10.1 Å². The summed E-state index contributed by atoms with van der Waals surface area (Å²) >= 11 is 1.44. The van der Waals surface area contributed by atoms with Gasteiger partial charge in [0.25, 0.3) is 0 Å². The molecule has 1 saturated heterocycles. The molecule has 0 saturated carbocycles. The molecule has 1 aliphatic rings. The normalized spacial score (nSPS) is 26.0. The summed E-state index contributed by atoms with van der Waals surface area (Å²) in [4.78, 5) is 10.9. The predicted molar refractivity (Wildman–Crippen MR) is 68.4 cm³/mol. The van der Waals surface area contributed by atoms with Crippen LogP contribution in [0.3, 0.4) is 0 Å². The molecule has 0 aromatic heterocycles. The van der Waals surface area contributed by atoms with Crippen LogP contribution in [0.1, 0.15) is 33.6 Å². The highest BCUT2D eigenvalue weighted by Crippen LogP contribution is 2.23. The van der Waals surface area contributed by atoms with E-state index in [0.29, 0.717) is 11.8 Å². The van der Waals surface area contributed by atoms with Crippen molar-refractivity contribution in [2.75, 3.05) is 18.9 Å². The minimum absolute atomic E-state index is 0.189. The molecule has 0 amide bonds. The van der Waals surface area contributed by atoms with Gasteiger partial charge in [-0.25, -0.2) is 0 Å². The third-order valence-electron chi connectivity index (χ3n) is 2.67. The first-order valence-electron chi connectivity index (χ1n) is 6.06. The lowest BCUT2D eigenvalue weighted by atomic mass is 10.0. The Labute approximate surface area is 103 Å². The van der Waals surface area contributed by atoms with Crippen molar-refractivity contribution < 1.29 is 9.53 Å². The van der Waals surface area contributed by atoms with Gasteiger partial charge in [-0.2, -0.15) is 0 Å². The molecule has 1 aliphatic heterocycles. The SMILES string of the molecule is CC(=O)SCC1CCOC(NCC(C)C)C1.